The number of thiophene rings is 1. The van der Waals surface area contributed by atoms with Crippen LogP contribution in [0.4, 0.5) is 5.69 Å². The molecule has 0 bridgehead atoms. The lowest BCUT2D eigenvalue weighted by Crippen LogP contribution is -2.12. The minimum atomic E-state index is -0.101. The van der Waals surface area contributed by atoms with Crippen LogP contribution in [-0.4, -0.2) is 15.7 Å². The van der Waals surface area contributed by atoms with Crippen LogP contribution in [-0.2, 0) is 0 Å². The van der Waals surface area contributed by atoms with Gasteiger partial charge in [-0.05, 0) is 32.0 Å². The number of nitrogens with zero attached hydrogens (tertiary/aromatic N) is 2. The summed E-state index contributed by atoms with van der Waals surface area (Å²) in [5.41, 5.74) is 4.16. The molecule has 4 rings (SSSR count). The van der Waals surface area contributed by atoms with E-state index in [1.54, 1.807) is 11.3 Å². The van der Waals surface area contributed by atoms with Crippen molar-refractivity contribution in [1.82, 2.24) is 9.78 Å². The maximum absolute atomic E-state index is 12.8. The van der Waals surface area contributed by atoms with Gasteiger partial charge in [0.25, 0.3) is 5.91 Å². The molecule has 0 saturated carbocycles. The van der Waals surface area contributed by atoms with Gasteiger partial charge in [0.2, 0.25) is 0 Å². The minimum Gasteiger partial charge on any atom is -0.319 e. The fourth-order valence-electron chi connectivity index (χ4n) is 2.98. The molecule has 5 heteroatoms. The third-order valence-electron chi connectivity index (χ3n) is 4.26. The highest BCUT2D eigenvalue weighted by molar-refractivity contribution is 7.17. The normalized spacial score (nSPS) is 11.0. The Hall–Kier alpha value is -2.92. The highest BCUT2D eigenvalue weighted by atomic mass is 32.1. The SMILES string of the molecule is Cc1nn(-c2ccccc2)c(C)c1NC(=O)c1csc2ccccc12. The summed E-state index contributed by atoms with van der Waals surface area (Å²) in [6.45, 7) is 3.88. The molecule has 1 N–H and O–H groups in total. The summed E-state index contributed by atoms with van der Waals surface area (Å²) in [4.78, 5) is 12.8. The number of hydrogen-bond acceptors (Lipinski definition) is 3. The summed E-state index contributed by atoms with van der Waals surface area (Å²) in [6.07, 6.45) is 0. The zero-order valence-electron chi connectivity index (χ0n) is 14.0. The van der Waals surface area contributed by atoms with Crippen LogP contribution in [0.5, 0.6) is 0 Å². The maximum atomic E-state index is 12.8. The quantitative estimate of drug-likeness (QED) is 0.569. The van der Waals surface area contributed by atoms with Gasteiger partial charge in [-0.3, -0.25) is 4.79 Å². The molecule has 4 aromatic rings. The summed E-state index contributed by atoms with van der Waals surface area (Å²) in [6, 6.07) is 17.9. The summed E-state index contributed by atoms with van der Waals surface area (Å²) in [7, 11) is 0. The highest BCUT2D eigenvalue weighted by Crippen LogP contribution is 2.28. The molecule has 0 fully saturated rings. The second-order valence-electron chi connectivity index (χ2n) is 5.89. The number of hydrogen-bond donors (Lipinski definition) is 1. The van der Waals surface area contributed by atoms with Gasteiger partial charge in [-0.15, -0.1) is 11.3 Å². The van der Waals surface area contributed by atoms with Gasteiger partial charge in [0.15, 0.2) is 0 Å². The zero-order chi connectivity index (χ0) is 17.4. The molecule has 0 atom stereocenters. The van der Waals surface area contributed by atoms with Gasteiger partial charge < -0.3 is 5.32 Å². The van der Waals surface area contributed by atoms with Crippen molar-refractivity contribution in [2.24, 2.45) is 0 Å². The average molecular weight is 347 g/mol. The molecule has 0 aliphatic rings. The highest BCUT2D eigenvalue weighted by Gasteiger charge is 2.18. The Bertz CT molecular complexity index is 1060. The number of nitrogens with one attached hydrogen (secondary N) is 1. The third kappa shape index (κ3) is 2.72. The molecule has 1 amide bonds. The van der Waals surface area contributed by atoms with Crippen molar-refractivity contribution in [3.63, 3.8) is 0 Å². The molecule has 0 aliphatic heterocycles. The van der Waals surface area contributed by atoms with Crippen LogP contribution in [0.1, 0.15) is 21.7 Å². The van der Waals surface area contributed by atoms with E-state index in [-0.39, 0.29) is 5.91 Å². The first-order chi connectivity index (χ1) is 12.1. The molecular formula is C20H17N3OS. The van der Waals surface area contributed by atoms with Crippen molar-refractivity contribution >= 4 is 33.0 Å². The number of fused-ring (bicyclic) bond motifs is 1. The molecule has 0 radical (unpaired) electrons. The predicted molar refractivity (Wildman–Crippen MR) is 103 cm³/mol. The van der Waals surface area contributed by atoms with Gasteiger partial charge in [0.1, 0.15) is 0 Å². The Balaban J connectivity index is 1.69. The van der Waals surface area contributed by atoms with E-state index in [0.29, 0.717) is 5.56 Å². The lowest BCUT2D eigenvalue weighted by Gasteiger charge is -2.07. The monoisotopic (exact) mass is 347 g/mol. The van der Waals surface area contributed by atoms with E-state index in [4.69, 9.17) is 0 Å². The standard InChI is InChI=1S/C20H17N3OS/c1-13-19(14(2)23(22-13)15-8-4-3-5-9-15)21-20(24)17-12-25-18-11-7-6-10-16(17)18/h3-12H,1-2H3,(H,21,24). The molecule has 2 aromatic carbocycles. The van der Waals surface area contributed by atoms with Crippen LogP contribution in [0.25, 0.3) is 15.8 Å². The van der Waals surface area contributed by atoms with Crippen LogP contribution in [0.3, 0.4) is 0 Å². The molecule has 0 unspecified atom stereocenters. The molecule has 2 aromatic heterocycles. The van der Waals surface area contributed by atoms with E-state index >= 15 is 0 Å². The Morgan fingerprint density at radius 2 is 1.76 bits per heavy atom. The van der Waals surface area contributed by atoms with Crippen molar-refractivity contribution in [3.05, 3.63) is 76.9 Å². The van der Waals surface area contributed by atoms with Gasteiger partial charge in [-0.2, -0.15) is 5.10 Å². The van der Waals surface area contributed by atoms with Gasteiger partial charge in [-0.1, -0.05) is 36.4 Å². The number of aryl methyl sites for hydroxylation is 1. The van der Waals surface area contributed by atoms with Crippen LogP contribution < -0.4 is 5.32 Å². The summed E-state index contributed by atoms with van der Waals surface area (Å²) in [5.74, 6) is -0.101. The first kappa shape index (κ1) is 15.6. The molecule has 124 valence electrons. The molecule has 25 heavy (non-hydrogen) atoms. The lowest BCUT2D eigenvalue weighted by atomic mass is 10.1. The number of carbonyl (C=O) groups excluding carboxylic acids is 1. The second kappa shape index (κ2) is 6.18. The minimum absolute atomic E-state index is 0.101. The van der Waals surface area contributed by atoms with Crippen LogP contribution >= 0.6 is 11.3 Å². The van der Waals surface area contributed by atoms with Gasteiger partial charge in [0, 0.05) is 15.5 Å². The topological polar surface area (TPSA) is 46.9 Å². The summed E-state index contributed by atoms with van der Waals surface area (Å²) >= 11 is 1.58. The Morgan fingerprint density at radius 3 is 2.56 bits per heavy atom. The number of amides is 1. The average Bonchev–Trinajstić information content (AvgIpc) is 3.19. The third-order valence-corrected chi connectivity index (χ3v) is 5.22. The zero-order valence-corrected chi connectivity index (χ0v) is 14.8. The molecule has 2 heterocycles. The Morgan fingerprint density at radius 1 is 1.04 bits per heavy atom. The number of carbonyl (C=O) groups is 1. The molecular weight excluding hydrogens is 330 g/mol. The second-order valence-corrected chi connectivity index (χ2v) is 6.80. The molecule has 0 saturated heterocycles. The number of aromatic nitrogens is 2. The summed E-state index contributed by atoms with van der Waals surface area (Å²) < 4.78 is 2.97. The first-order valence-electron chi connectivity index (χ1n) is 8.04. The number of rotatable bonds is 3. The molecule has 0 aliphatic carbocycles. The van der Waals surface area contributed by atoms with Crippen molar-refractivity contribution in [3.8, 4) is 5.69 Å². The fourth-order valence-corrected chi connectivity index (χ4v) is 3.92. The lowest BCUT2D eigenvalue weighted by molar-refractivity contribution is 0.102. The van der Waals surface area contributed by atoms with E-state index < -0.39 is 0 Å². The Labute approximate surface area is 149 Å². The predicted octanol–water partition coefficient (Wildman–Crippen LogP) is 4.96. The van der Waals surface area contributed by atoms with Crippen molar-refractivity contribution in [1.29, 1.82) is 0 Å². The van der Waals surface area contributed by atoms with Crippen molar-refractivity contribution < 1.29 is 4.79 Å². The van der Waals surface area contributed by atoms with Crippen molar-refractivity contribution in [2.75, 3.05) is 5.32 Å². The van der Waals surface area contributed by atoms with E-state index in [1.165, 1.54) is 0 Å². The molecule has 0 spiro atoms. The van der Waals surface area contributed by atoms with Crippen LogP contribution in [0.15, 0.2) is 60.0 Å². The van der Waals surface area contributed by atoms with Crippen LogP contribution in [0.2, 0.25) is 0 Å². The van der Waals surface area contributed by atoms with Gasteiger partial charge in [0.05, 0.1) is 28.3 Å². The number of para-hydroxylation sites is 1. The maximum Gasteiger partial charge on any atom is 0.257 e. The Kier molecular flexibility index (Phi) is 3.86. The van der Waals surface area contributed by atoms with Gasteiger partial charge >= 0.3 is 0 Å². The van der Waals surface area contributed by atoms with E-state index in [1.807, 2.05) is 78.5 Å². The first-order valence-corrected chi connectivity index (χ1v) is 8.92. The van der Waals surface area contributed by atoms with Crippen LogP contribution in [0, 0.1) is 13.8 Å². The van der Waals surface area contributed by atoms with E-state index in [0.717, 1.165) is 32.8 Å². The van der Waals surface area contributed by atoms with E-state index in [9.17, 15) is 4.79 Å². The molecule has 4 nitrogen and oxygen atoms in total. The van der Waals surface area contributed by atoms with Crippen molar-refractivity contribution in [2.45, 2.75) is 13.8 Å². The smallest absolute Gasteiger partial charge is 0.257 e. The van der Waals surface area contributed by atoms with Gasteiger partial charge in [-0.25, -0.2) is 4.68 Å². The summed E-state index contributed by atoms with van der Waals surface area (Å²) in [5, 5.41) is 10.5. The number of benzene rings is 2. The number of anilines is 1. The largest absolute Gasteiger partial charge is 0.319 e. The van der Waals surface area contributed by atoms with E-state index in [2.05, 4.69) is 10.4 Å². The fraction of sp³-hybridized carbons (Fsp3) is 0.100.